The zero-order valence-electron chi connectivity index (χ0n) is 13.8. The molecule has 0 bridgehead atoms. The fourth-order valence-corrected chi connectivity index (χ4v) is 2.83. The number of carboxylic acids is 1. The largest absolute Gasteiger partial charge is 0.481 e. The molecule has 4 N–H and O–H groups in total. The summed E-state index contributed by atoms with van der Waals surface area (Å²) in [5.74, 6) is -2.15. The molecule has 0 aliphatic rings. The van der Waals surface area contributed by atoms with Crippen molar-refractivity contribution in [2.75, 3.05) is 6.61 Å². The van der Waals surface area contributed by atoms with Gasteiger partial charge in [-0.1, -0.05) is 27.7 Å². The molecule has 0 saturated carbocycles. The van der Waals surface area contributed by atoms with Gasteiger partial charge in [0.25, 0.3) is 0 Å². The Morgan fingerprint density at radius 2 is 1.75 bits per heavy atom. The van der Waals surface area contributed by atoms with Crippen LogP contribution in [0.25, 0.3) is 0 Å². The van der Waals surface area contributed by atoms with Gasteiger partial charge in [0.15, 0.2) is 8.32 Å². The molecule has 0 rings (SSSR count). The minimum atomic E-state index is -1.87. The normalized spacial score (nSPS) is 19.2. The van der Waals surface area contributed by atoms with Crippen molar-refractivity contribution in [3.63, 3.8) is 0 Å². The predicted octanol–water partition coefficient (Wildman–Crippen LogP) is 2.05. The molecule has 0 radical (unpaired) electrons. The van der Waals surface area contributed by atoms with Crippen molar-refractivity contribution in [2.45, 2.75) is 64.9 Å². The number of nitrogens with two attached hydrogens (primary N) is 1. The first-order chi connectivity index (χ1) is 8.81. The molecule has 0 heterocycles. The van der Waals surface area contributed by atoms with Gasteiger partial charge < -0.3 is 20.4 Å². The molecule has 0 aromatic rings. The van der Waals surface area contributed by atoms with Gasteiger partial charge >= 0.3 is 5.97 Å². The zero-order chi connectivity index (χ0) is 16.3. The Morgan fingerprint density at radius 3 is 2.05 bits per heavy atom. The molecule has 20 heavy (non-hydrogen) atoms. The van der Waals surface area contributed by atoms with Crippen LogP contribution >= 0.6 is 0 Å². The average Bonchev–Trinajstić information content (AvgIpc) is 2.23. The van der Waals surface area contributed by atoms with Crippen LogP contribution in [0.15, 0.2) is 0 Å². The fourth-order valence-electron chi connectivity index (χ4n) is 1.71. The molecule has 4 atom stereocenters. The van der Waals surface area contributed by atoms with Gasteiger partial charge in [0.1, 0.15) is 0 Å². The lowest BCUT2D eigenvalue weighted by atomic mass is 9.87. The molecule has 0 aromatic heterocycles. The third kappa shape index (κ3) is 5.16. The number of aliphatic hydroxyl groups is 1. The average molecular weight is 305 g/mol. The van der Waals surface area contributed by atoms with E-state index in [0.29, 0.717) is 6.61 Å². The lowest BCUT2D eigenvalue weighted by Gasteiger charge is -2.38. The maximum absolute atomic E-state index is 11.2. The molecular weight excluding hydrogens is 274 g/mol. The second-order valence-corrected chi connectivity index (χ2v) is 12.0. The smallest absolute Gasteiger partial charge is 0.310 e. The summed E-state index contributed by atoms with van der Waals surface area (Å²) in [5.41, 5.74) is 6.00. The van der Waals surface area contributed by atoms with Crippen molar-refractivity contribution >= 4 is 14.3 Å². The Labute approximate surface area is 123 Å². The highest BCUT2D eigenvalue weighted by atomic mass is 28.4. The van der Waals surface area contributed by atoms with E-state index in [1.807, 2.05) is 6.92 Å². The van der Waals surface area contributed by atoms with Gasteiger partial charge in [0, 0.05) is 12.6 Å². The summed E-state index contributed by atoms with van der Waals surface area (Å²) in [5, 5.41) is 18.8. The van der Waals surface area contributed by atoms with Crippen molar-refractivity contribution in [3.05, 3.63) is 0 Å². The molecule has 0 aliphatic carbocycles. The molecule has 0 fully saturated rings. The minimum Gasteiger partial charge on any atom is -0.481 e. The van der Waals surface area contributed by atoms with Crippen molar-refractivity contribution in [1.82, 2.24) is 0 Å². The second-order valence-electron chi connectivity index (χ2n) is 7.23. The number of carboxylic acid groups (broad SMARTS) is 1. The number of carbonyl (C=O) groups is 1. The molecule has 4 unspecified atom stereocenters. The van der Waals surface area contributed by atoms with E-state index in [4.69, 9.17) is 15.3 Å². The topological polar surface area (TPSA) is 92.8 Å². The molecule has 5 nitrogen and oxygen atoms in total. The third-order valence-corrected chi connectivity index (χ3v) is 8.89. The van der Waals surface area contributed by atoms with Crippen LogP contribution in [-0.2, 0) is 9.22 Å². The first-order valence-corrected chi connectivity index (χ1v) is 10.0. The minimum absolute atomic E-state index is 0.104. The lowest BCUT2D eigenvalue weighted by Crippen LogP contribution is -2.49. The molecule has 0 saturated heterocycles. The molecule has 0 spiro atoms. The predicted molar refractivity (Wildman–Crippen MR) is 83.1 cm³/mol. The number of hydrogen-bond acceptors (Lipinski definition) is 4. The van der Waals surface area contributed by atoms with Gasteiger partial charge in [-0.3, -0.25) is 4.79 Å². The van der Waals surface area contributed by atoms with Crippen molar-refractivity contribution in [1.29, 1.82) is 0 Å². The molecule has 120 valence electrons. The zero-order valence-corrected chi connectivity index (χ0v) is 14.8. The molecule has 0 aromatic carbocycles. The summed E-state index contributed by atoms with van der Waals surface area (Å²) >= 11 is 0. The Hall–Kier alpha value is -0.433. The first-order valence-electron chi connectivity index (χ1n) is 7.11. The van der Waals surface area contributed by atoms with E-state index in [1.165, 1.54) is 6.92 Å². The quantitative estimate of drug-likeness (QED) is 0.626. The number of aliphatic hydroxyl groups excluding tert-OH is 1. The maximum Gasteiger partial charge on any atom is 0.310 e. The Kier molecular flexibility index (Phi) is 6.87. The third-order valence-electron chi connectivity index (χ3n) is 4.39. The highest BCUT2D eigenvalue weighted by Crippen LogP contribution is 2.37. The van der Waals surface area contributed by atoms with Crippen LogP contribution in [0.3, 0.4) is 0 Å². The van der Waals surface area contributed by atoms with E-state index in [9.17, 15) is 9.90 Å². The first kappa shape index (κ1) is 19.6. The molecule has 0 amide bonds. The fraction of sp³-hybridized carbons (Fsp3) is 0.929. The van der Waals surface area contributed by atoms with Crippen molar-refractivity contribution in [3.8, 4) is 0 Å². The number of rotatable bonds is 7. The van der Waals surface area contributed by atoms with Crippen LogP contribution in [0, 0.1) is 11.8 Å². The molecular formula is C14H31NO4Si. The van der Waals surface area contributed by atoms with Crippen LogP contribution in [0.5, 0.6) is 0 Å². The highest BCUT2D eigenvalue weighted by molar-refractivity contribution is 6.74. The van der Waals surface area contributed by atoms with E-state index < -0.39 is 32.4 Å². The van der Waals surface area contributed by atoms with Crippen LogP contribution in [0.4, 0.5) is 0 Å². The summed E-state index contributed by atoms with van der Waals surface area (Å²) < 4.78 is 6.07. The monoisotopic (exact) mass is 305 g/mol. The number of aliphatic carboxylic acids is 1. The van der Waals surface area contributed by atoms with E-state index >= 15 is 0 Å². The van der Waals surface area contributed by atoms with E-state index in [-0.39, 0.29) is 11.0 Å². The summed E-state index contributed by atoms with van der Waals surface area (Å²) in [6, 6.07) is -0.628. The second kappa shape index (κ2) is 7.02. The van der Waals surface area contributed by atoms with Gasteiger partial charge in [-0.15, -0.1) is 0 Å². The van der Waals surface area contributed by atoms with Crippen LogP contribution in [0.2, 0.25) is 18.1 Å². The van der Waals surface area contributed by atoms with Gasteiger partial charge in [-0.2, -0.15) is 0 Å². The van der Waals surface area contributed by atoms with E-state index in [0.717, 1.165) is 0 Å². The summed E-state index contributed by atoms with van der Waals surface area (Å²) in [6.45, 7) is 14.5. The van der Waals surface area contributed by atoms with Gasteiger partial charge in [-0.25, -0.2) is 0 Å². The molecule has 6 heteroatoms. The van der Waals surface area contributed by atoms with E-state index in [1.54, 1.807) is 0 Å². The SMILES string of the molecule is CC(O)C(C(=O)O)C(N)C(C)CO[Si](C)(C)C(C)(C)C. The van der Waals surface area contributed by atoms with Gasteiger partial charge in [-0.05, 0) is 31.0 Å². The lowest BCUT2D eigenvalue weighted by molar-refractivity contribution is -0.147. The highest BCUT2D eigenvalue weighted by Gasteiger charge is 2.39. The van der Waals surface area contributed by atoms with Crippen molar-refractivity contribution < 1.29 is 19.4 Å². The molecule has 0 aliphatic heterocycles. The Bertz CT molecular complexity index is 326. The van der Waals surface area contributed by atoms with Gasteiger partial charge in [0.2, 0.25) is 0 Å². The van der Waals surface area contributed by atoms with Crippen molar-refractivity contribution in [2.24, 2.45) is 17.6 Å². The Balaban J connectivity index is 4.69. The summed E-state index contributed by atoms with van der Waals surface area (Å²) in [7, 11) is -1.87. The van der Waals surface area contributed by atoms with Crippen LogP contribution in [-0.4, -0.2) is 43.3 Å². The number of hydrogen-bond donors (Lipinski definition) is 3. The van der Waals surface area contributed by atoms with E-state index in [2.05, 4.69) is 33.9 Å². The maximum atomic E-state index is 11.2. The Morgan fingerprint density at radius 1 is 1.30 bits per heavy atom. The van der Waals surface area contributed by atoms with Crippen LogP contribution in [0.1, 0.15) is 34.6 Å². The van der Waals surface area contributed by atoms with Crippen LogP contribution < -0.4 is 5.73 Å². The van der Waals surface area contributed by atoms with Gasteiger partial charge in [0.05, 0.1) is 12.0 Å². The summed E-state index contributed by atoms with van der Waals surface area (Å²) in [6.07, 6.45) is -0.974. The summed E-state index contributed by atoms with van der Waals surface area (Å²) in [4.78, 5) is 11.2. The standard InChI is InChI=1S/C14H31NO4Si/c1-9(8-19-20(6,7)14(3,4)5)12(15)11(10(2)16)13(17)18/h9-12,16H,8,15H2,1-7H3,(H,17,18).